The summed E-state index contributed by atoms with van der Waals surface area (Å²) in [5, 5.41) is 4.58. The third kappa shape index (κ3) is 4.89. The van der Waals surface area contributed by atoms with E-state index in [2.05, 4.69) is 84.9 Å². The van der Waals surface area contributed by atoms with E-state index >= 15 is 0 Å². The zero-order valence-electron chi connectivity index (χ0n) is 24.4. The van der Waals surface area contributed by atoms with Gasteiger partial charge in [0, 0.05) is 27.8 Å². The van der Waals surface area contributed by atoms with Crippen LogP contribution in [0.25, 0.3) is 78.0 Å². The van der Waals surface area contributed by atoms with Gasteiger partial charge in [-0.2, -0.15) is 0 Å². The predicted octanol–water partition coefficient (Wildman–Crippen LogP) is 10.1. The standard InChI is InChI=1S/C41H28N4/c42-37-26-25-34(33-17-9-10-18-35(33)37)36-24-23-27-11-7-8-16-32(27)38(36)28-19-21-31(22-20-28)41-44-39(29-12-3-1-4-13-29)43-40(45-41)30-14-5-2-6-15-30/h1-26H,42H2. The first-order chi connectivity index (χ1) is 22.2. The monoisotopic (exact) mass is 576 g/mol. The molecule has 0 saturated heterocycles. The van der Waals surface area contributed by atoms with Crippen molar-refractivity contribution in [3.8, 4) is 56.4 Å². The Kier molecular flexibility index (Phi) is 6.58. The molecule has 1 aromatic heterocycles. The van der Waals surface area contributed by atoms with Gasteiger partial charge in [-0.25, -0.2) is 15.0 Å². The largest absolute Gasteiger partial charge is 0.398 e. The van der Waals surface area contributed by atoms with Crippen LogP contribution in [-0.2, 0) is 0 Å². The highest BCUT2D eigenvalue weighted by atomic mass is 15.0. The molecule has 8 rings (SSSR count). The van der Waals surface area contributed by atoms with Crippen molar-refractivity contribution in [2.75, 3.05) is 5.73 Å². The van der Waals surface area contributed by atoms with E-state index in [1.54, 1.807) is 0 Å². The van der Waals surface area contributed by atoms with E-state index in [1.807, 2.05) is 72.8 Å². The van der Waals surface area contributed by atoms with Gasteiger partial charge in [0.15, 0.2) is 17.5 Å². The van der Waals surface area contributed by atoms with Crippen molar-refractivity contribution >= 4 is 27.2 Å². The first kappa shape index (κ1) is 26.5. The number of anilines is 1. The number of hydrogen-bond acceptors (Lipinski definition) is 4. The maximum Gasteiger partial charge on any atom is 0.164 e. The van der Waals surface area contributed by atoms with Crippen molar-refractivity contribution in [1.82, 2.24) is 15.0 Å². The fourth-order valence-corrected chi connectivity index (χ4v) is 6.09. The van der Waals surface area contributed by atoms with Crippen LogP contribution in [0, 0.1) is 0 Å². The molecule has 0 aliphatic heterocycles. The SMILES string of the molecule is Nc1ccc(-c2ccc3ccccc3c2-c2ccc(-c3nc(-c4ccccc4)nc(-c4ccccc4)n3)cc2)c2ccccc12. The Labute approximate surface area is 261 Å². The lowest BCUT2D eigenvalue weighted by Crippen LogP contribution is -2.00. The minimum atomic E-state index is 0.636. The van der Waals surface area contributed by atoms with Crippen LogP contribution < -0.4 is 5.73 Å². The van der Waals surface area contributed by atoms with Gasteiger partial charge < -0.3 is 5.73 Å². The minimum Gasteiger partial charge on any atom is -0.398 e. The number of nitrogen functional groups attached to an aromatic ring is 1. The van der Waals surface area contributed by atoms with E-state index in [9.17, 15) is 0 Å². The Hall–Kier alpha value is -6.13. The summed E-state index contributed by atoms with van der Waals surface area (Å²) in [7, 11) is 0. The topological polar surface area (TPSA) is 64.7 Å². The quantitative estimate of drug-likeness (QED) is 0.207. The zero-order valence-corrected chi connectivity index (χ0v) is 24.4. The number of nitrogens with two attached hydrogens (primary N) is 1. The average Bonchev–Trinajstić information content (AvgIpc) is 3.12. The number of aromatic nitrogens is 3. The van der Waals surface area contributed by atoms with Gasteiger partial charge in [-0.05, 0) is 44.5 Å². The lowest BCUT2D eigenvalue weighted by molar-refractivity contribution is 1.07. The van der Waals surface area contributed by atoms with Gasteiger partial charge in [0.2, 0.25) is 0 Å². The second-order valence-corrected chi connectivity index (χ2v) is 11.1. The summed E-state index contributed by atoms with van der Waals surface area (Å²) >= 11 is 0. The van der Waals surface area contributed by atoms with Crippen molar-refractivity contribution in [1.29, 1.82) is 0 Å². The van der Waals surface area contributed by atoms with Crippen molar-refractivity contribution in [3.63, 3.8) is 0 Å². The molecule has 0 saturated carbocycles. The first-order valence-electron chi connectivity index (χ1n) is 15.0. The molecule has 212 valence electrons. The predicted molar refractivity (Wildman–Crippen MR) is 186 cm³/mol. The van der Waals surface area contributed by atoms with E-state index in [1.165, 1.54) is 16.3 Å². The molecule has 1 heterocycles. The van der Waals surface area contributed by atoms with Gasteiger partial charge in [0.1, 0.15) is 0 Å². The summed E-state index contributed by atoms with van der Waals surface area (Å²) in [6.45, 7) is 0. The van der Waals surface area contributed by atoms with Crippen LogP contribution in [-0.4, -0.2) is 15.0 Å². The zero-order chi connectivity index (χ0) is 30.2. The molecule has 0 unspecified atom stereocenters. The van der Waals surface area contributed by atoms with Gasteiger partial charge in [0.05, 0.1) is 0 Å². The molecule has 0 amide bonds. The van der Waals surface area contributed by atoms with Gasteiger partial charge in [-0.3, -0.25) is 0 Å². The lowest BCUT2D eigenvalue weighted by atomic mass is 9.87. The molecule has 4 heteroatoms. The van der Waals surface area contributed by atoms with Crippen LogP contribution in [0.2, 0.25) is 0 Å². The van der Waals surface area contributed by atoms with Crippen LogP contribution >= 0.6 is 0 Å². The highest BCUT2D eigenvalue weighted by Gasteiger charge is 2.16. The molecule has 0 aliphatic rings. The number of hydrogen-bond donors (Lipinski definition) is 1. The number of nitrogens with zero attached hydrogens (tertiary/aromatic N) is 3. The van der Waals surface area contributed by atoms with Gasteiger partial charge in [-0.1, -0.05) is 152 Å². The van der Waals surface area contributed by atoms with Crippen molar-refractivity contribution in [3.05, 3.63) is 158 Å². The van der Waals surface area contributed by atoms with Crippen LogP contribution in [0.15, 0.2) is 158 Å². The molecular weight excluding hydrogens is 548 g/mol. The van der Waals surface area contributed by atoms with E-state index < -0.39 is 0 Å². The second-order valence-electron chi connectivity index (χ2n) is 11.1. The van der Waals surface area contributed by atoms with Gasteiger partial charge in [-0.15, -0.1) is 0 Å². The van der Waals surface area contributed by atoms with E-state index in [-0.39, 0.29) is 0 Å². The van der Waals surface area contributed by atoms with Crippen LogP contribution in [0.4, 0.5) is 5.69 Å². The summed E-state index contributed by atoms with van der Waals surface area (Å²) in [4.78, 5) is 14.7. The van der Waals surface area contributed by atoms with Gasteiger partial charge >= 0.3 is 0 Å². The Morgan fingerprint density at radius 1 is 0.333 bits per heavy atom. The Morgan fingerprint density at radius 3 is 1.42 bits per heavy atom. The Bertz CT molecular complexity index is 2250. The third-order valence-electron chi connectivity index (χ3n) is 8.31. The fourth-order valence-electron chi connectivity index (χ4n) is 6.09. The van der Waals surface area contributed by atoms with E-state index in [4.69, 9.17) is 20.7 Å². The summed E-state index contributed by atoms with van der Waals surface area (Å²) in [6.07, 6.45) is 0. The minimum absolute atomic E-state index is 0.636. The maximum absolute atomic E-state index is 6.39. The molecule has 0 atom stereocenters. The Balaban J connectivity index is 1.29. The number of fused-ring (bicyclic) bond motifs is 2. The highest BCUT2D eigenvalue weighted by molar-refractivity contribution is 6.10. The summed E-state index contributed by atoms with van der Waals surface area (Å²) in [5.74, 6) is 1.93. The second kappa shape index (κ2) is 11.2. The number of rotatable bonds is 5. The molecular formula is C41H28N4. The number of benzene rings is 7. The summed E-state index contributed by atoms with van der Waals surface area (Å²) in [6, 6.07) is 54.2. The molecule has 0 fully saturated rings. The molecule has 4 nitrogen and oxygen atoms in total. The molecule has 0 bridgehead atoms. The lowest BCUT2D eigenvalue weighted by Gasteiger charge is -2.17. The van der Waals surface area contributed by atoms with Crippen LogP contribution in [0.5, 0.6) is 0 Å². The average molecular weight is 577 g/mol. The van der Waals surface area contributed by atoms with Crippen molar-refractivity contribution in [2.45, 2.75) is 0 Å². The molecule has 7 aromatic carbocycles. The molecule has 0 spiro atoms. The fraction of sp³-hybridized carbons (Fsp3) is 0. The maximum atomic E-state index is 6.39. The molecule has 2 N–H and O–H groups in total. The van der Waals surface area contributed by atoms with Crippen LogP contribution in [0.3, 0.4) is 0 Å². The smallest absolute Gasteiger partial charge is 0.164 e. The van der Waals surface area contributed by atoms with Crippen molar-refractivity contribution < 1.29 is 0 Å². The molecule has 45 heavy (non-hydrogen) atoms. The Morgan fingerprint density at radius 2 is 0.800 bits per heavy atom. The van der Waals surface area contributed by atoms with Crippen LogP contribution in [0.1, 0.15) is 0 Å². The summed E-state index contributed by atoms with van der Waals surface area (Å²) in [5.41, 5.74) is 14.6. The first-order valence-corrected chi connectivity index (χ1v) is 15.0. The van der Waals surface area contributed by atoms with E-state index in [0.29, 0.717) is 17.5 Å². The molecule has 8 aromatic rings. The molecule has 0 radical (unpaired) electrons. The third-order valence-corrected chi connectivity index (χ3v) is 8.31. The normalized spacial score (nSPS) is 11.2. The summed E-state index contributed by atoms with van der Waals surface area (Å²) < 4.78 is 0. The van der Waals surface area contributed by atoms with Crippen molar-refractivity contribution in [2.24, 2.45) is 0 Å². The van der Waals surface area contributed by atoms with E-state index in [0.717, 1.165) is 49.8 Å². The van der Waals surface area contributed by atoms with Gasteiger partial charge in [0.25, 0.3) is 0 Å². The highest BCUT2D eigenvalue weighted by Crippen LogP contribution is 2.42. The molecule has 0 aliphatic carbocycles.